The molecule has 0 aliphatic heterocycles. The first kappa shape index (κ1) is 41.1. The molecule has 0 fully saturated rings. The third-order valence-corrected chi connectivity index (χ3v) is 6.01. The number of hydrogen-bond donors (Lipinski definition) is 0. The number of rotatable bonds is 3. The Morgan fingerprint density at radius 1 is 0.811 bits per heavy atom. The summed E-state index contributed by atoms with van der Waals surface area (Å²) >= 11 is 0. The molecule has 0 aromatic heterocycles. The van der Waals surface area contributed by atoms with Crippen LogP contribution in [0.3, 0.4) is 0 Å². The molecule has 2 aromatic rings. The summed E-state index contributed by atoms with van der Waals surface area (Å²) in [7, 11) is 1.86. The van der Waals surface area contributed by atoms with Crippen molar-refractivity contribution in [2.24, 2.45) is 0 Å². The van der Waals surface area contributed by atoms with E-state index in [1.54, 1.807) is 0 Å². The summed E-state index contributed by atoms with van der Waals surface area (Å²) in [5.74, 6) is 0. The molecule has 4 rings (SSSR count). The zero-order valence-electron chi connectivity index (χ0n) is 24.8. The van der Waals surface area contributed by atoms with Crippen molar-refractivity contribution in [1.82, 2.24) is 0 Å². The molecule has 0 N–H and O–H groups in total. The molecular formula is C33H49Cl2SiZr. The van der Waals surface area contributed by atoms with E-state index in [9.17, 15) is 0 Å². The summed E-state index contributed by atoms with van der Waals surface area (Å²) in [5, 5.41) is 0. The van der Waals surface area contributed by atoms with Crippen LogP contribution in [0.5, 0.6) is 0 Å². The first-order chi connectivity index (χ1) is 16.1. The maximum atomic E-state index is 3.67. The fraction of sp³-hybridized carbons (Fsp3) is 0.515. The molecule has 2 aromatic carbocycles. The molecule has 1 radical (unpaired) electrons. The van der Waals surface area contributed by atoms with Gasteiger partial charge in [-0.3, -0.25) is 6.08 Å². The van der Waals surface area contributed by atoms with Crippen molar-refractivity contribution >= 4 is 10.2 Å². The Bertz CT molecular complexity index is 859. The molecule has 0 bridgehead atoms. The number of allylic oxidation sites excluding steroid dienone is 4. The molecule has 37 heavy (non-hydrogen) atoms. The summed E-state index contributed by atoms with van der Waals surface area (Å²) in [5.41, 5.74) is 8.70. The van der Waals surface area contributed by atoms with Crippen LogP contribution in [-0.2, 0) is 43.5 Å². The van der Waals surface area contributed by atoms with Gasteiger partial charge in [0.05, 0.1) is 0 Å². The van der Waals surface area contributed by atoms with Crippen LogP contribution in [0.15, 0.2) is 48.6 Å². The average Bonchev–Trinajstić information content (AvgIpc) is 3.49. The second kappa shape index (κ2) is 20.5. The van der Waals surface area contributed by atoms with Crippen molar-refractivity contribution in [3.63, 3.8) is 0 Å². The van der Waals surface area contributed by atoms with E-state index in [4.69, 9.17) is 0 Å². The van der Waals surface area contributed by atoms with E-state index in [1.165, 1.54) is 59.1 Å². The average molecular weight is 636 g/mol. The molecule has 2 aliphatic rings. The minimum atomic E-state index is 0. The van der Waals surface area contributed by atoms with Crippen molar-refractivity contribution in [2.75, 3.05) is 0 Å². The topological polar surface area (TPSA) is 0 Å². The number of halogens is 2. The van der Waals surface area contributed by atoms with Crippen molar-refractivity contribution in [2.45, 2.75) is 111 Å². The normalized spacial score (nSPS) is 11.9. The first-order valence-electron chi connectivity index (χ1n) is 13.2. The molecule has 203 valence electrons. The van der Waals surface area contributed by atoms with E-state index in [-0.39, 0.29) is 61.8 Å². The summed E-state index contributed by atoms with van der Waals surface area (Å²) < 4.78 is 0. The van der Waals surface area contributed by atoms with Crippen LogP contribution in [0.25, 0.3) is 11.1 Å². The first-order valence-corrected chi connectivity index (χ1v) is 14.6. The van der Waals surface area contributed by atoms with Crippen LogP contribution in [0.2, 0.25) is 6.55 Å². The van der Waals surface area contributed by atoms with Crippen LogP contribution >= 0.6 is 0 Å². The van der Waals surface area contributed by atoms with Gasteiger partial charge in [-0.25, -0.2) is 12.2 Å². The van der Waals surface area contributed by atoms with Crippen LogP contribution in [0, 0.1) is 12.1 Å². The molecule has 0 nitrogen and oxygen atoms in total. The maximum absolute atomic E-state index is 3.67. The van der Waals surface area contributed by atoms with Gasteiger partial charge >= 0.3 is 26.2 Å². The van der Waals surface area contributed by atoms with Gasteiger partial charge in [0.1, 0.15) is 0 Å². The molecule has 0 saturated carbocycles. The largest absolute Gasteiger partial charge is 4.00 e. The van der Waals surface area contributed by atoms with Crippen LogP contribution in [0.1, 0.15) is 110 Å². The minimum absolute atomic E-state index is 0. The van der Waals surface area contributed by atoms with Gasteiger partial charge in [0.2, 0.25) is 0 Å². The maximum Gasteiger partial charge on any atom is 4.00 e. The quantitative estimate of drug-likeness (QED) is 0.236. The van der Waals surface area contributed by atoms with Gasteiger partial charge in [-0.1, -0.05) is 111 Å². The zero-order valence-corrected chi connectivity index (χ0v) is 30.2. The fourth-order valence-electron chi connectivity index (χ4n) is 3.87. The van der Waals surface area contributed by atoms with E-state index in [0.717, 1.165) is 12.8 Å². The minimum Gasteiger partial charge on any atom is -1.00 e. The molecule has 2 aliphatic carbocycles. The molecule has 0 heterocycles. The van der Waals surface area contributed by atoms with E-state index in [0.29, 0.717) is 0 Å². The Morgan fingerprint density at radius 3 is 1.78 bits per heavy atom. The third kappa shape index (κ3) is 14.0. The molecule has 4 heteroatoms. The Morgan fingerprint density at radius 2 is 1.38 bits per heavy atom. The zero-order chi connectivity index (χ0) is 25.8. The Kier molecular flexibility index (Phi) is 22.8. The van der Waals surface area contributed by atoms with Gasteiger partial charge in [0, 0.05) is 10.2 Å². The SMILES string of the molecule is CC(C)(C)c1[c-]c2c(cc1)-c1ccc(C(C)(C)C)cc1C2.CCCCCC.C[SiH2].[C-]1=CC=CC1.[Cl-].[Cl-].[Zr+4]. The van der Waals surface area contributed by atoms with E-state index >= 15 is 0 Å². The molecular weight excluding hydrogens is 587 g/mol. The number of hydrogen-bond acceptors (Lipinski definition) is 0. The Hall–Kier alpha value is -0.400. The van der Waals surface area contributed by atoms with Crippen LogP contribution in [0.4, 0.5) is 0 Å². The molecule has 0 amide bonds. The predicted molar refractivity (Wildman–Crippen MR) is 157 cm³/mol. The molecule has 0 unspecified atom stereocenters. The smallest absolute Gasteiger partial charge is 1.00 e. The van der Waals surface area contributed by atoms with E-state index in [1.807, 2.05) is 28.9 Å². The number of unbranched alkanes of at least 4 members (excludes halogenated alkanes) is 3. The molecule has 0 atom stereocenters. The van der Waals surface area contributed by atoms with Gasteiger partial charge in [-0.15, -0.1) is 17.5 Å². The fourth-order valence-corrected chi connectivity index (χ4v) is 3.87. The summed E-state index contributed by atoms with van der Waals surface area (Å²) in [6, 6.07) is 15.2. The van der Waals surface area contributed by atoms with Crippen LogP contribution in [-0.4, -0.2) is 10.2 Å². The second-order valence-corrected chi connectivity index (χ2v) is 11.0. The van der Waals surface area contributed by atoms with Crippen LogP contribution < -0.4 is 24.8 Å². The third-order valence-electron chi connectivity index (χ3n) is 6.01. The van der Waals surface area contributed by atoms with Crippen molar-refractivity contribution in [3.8, 4) is 11.1 Å². The molecule has 0 spiro atoms. The summed E-state index contributed by atoms with van der Waals surface area (Å²) in [6.45, 7) is 20.1. The van der Waals surface area contributed by atoms with Crippen molar-refractivity contribution in [1.29, 1.82) is 0 Å². The van der Waals surface area contributed by atoms with Gasteiger partial charge in [0.25, 0.3) is 0 Å². The van der Waals surface area contributed by atoms with E-state index < -0.39 is 0 Å². The summed E-state index contributed by atoms with van der Waals surface area (Å²) in [6.07, 6.45) is 16.6. The Labute approximate surface area is 265 Å². The number of fused-ring (bicyclic) bond motifs is 3. The van der Waals surface area contributed by atoms with Crippen molar-refractivity contribution in [3.05, 3.63) is 83.0 Å². The van der Waals surface area contributed by atoms with Gasteiger partial charge in [-0.2, -0.15) is 29.8 Å². The monoisotopic (exact) mass is 633 g/mol. The van der Waals surface area contributed by atoms with Gasteiger partial charge in [-0.05, 0) is 28.4 Å². The predicted octanol–water partition coefficient (Wildman–Crippen LogP) is 3.22. The standard InChI is InChI=1S/C21H25.C6H14.C5H5.CH5Si.2ClH.Zr/c1-20(2,3)16-7-9-18-14(12-16)11-15-13-17(21(4,5)6)8-10-19(15)18;1-3-5-6-4-2;1-2-4-5-3-1;1-2;;;/h7-10,12H,11H2,1-6H3;3-6H2,1-2H3;1-3H,4H2;2H2,1H3;2*1H;/q-1;;-1;;;;+4/p-2. The number of benzene rings is 2. The van der Waals surface area contributed by atoms with E-state index in [2.05, 4.69) is 104 Å². The van der Waals surface area contributed by atoms with Gasteiger partial charge in [0.15, 0.2) is 0 Å². The van der Waals surface area contributed by atoms with Gasteiger partial charge < -0.3 is 24.8 Å². The second-order valence-electron chi connectivity index (χ2n) is 11.0. The molecule has 0 saturated heterocycles. The Balaban J connectivity index is -0.000000606. The van der Waals surface area contributed by atoms with Crippen molar-refractivity contribution < 1.29 is 51.0 Å². The summed E-state index contributed by atoms with van der Waals surface area (Å²) in [4.78, 5) is 0.